The molecule has 0 aliphatic carbocycles. The summed E-state index contributed by atoms with van der Waals surface area (Å²) in [5, 5.41) is 29.1. The highest BCUT2D eigenvalue weighted by Crippen LogP contribution is 2.32. The lowest BCUT2D eigenvalue weighted by Crippen LogP contribution is -2.40. The Morgan fingerprint density at radius 3 is 2.67 bits per heavy atom. The number of sulfonamides is 1. The highest BCUT2D eigenvalue weighted by molar-refractivity contribution is 7.89. The summed E-state index contributed by atoms with van der Waals surface area (Å²) < 4.78 is 25.6. The fourth-order valence-electron chi connectivity index (χ4n) is 2.22. The Morgan fingerprint density at radius 1 is 1.43 bits per heavy atom. The van der Waals surface area contributed by atoms with Crippen LogP contribution < -0.4 is 0 Å². The van der Waals surface area contributed by atoms with E-state index in [0.29, 0.717) is 6.42 Å². The molecule has 0 saturated carbocycles. The predicted octanol–water partition coefficient (Wildman–Crippen LogP) is 0.538. The molecule has 2 rings (SSSR count). The number of carboxylic acids is 1. The van der Waals surface area contributed by atoms with Crippen LogP contribution >= 0.6 is 0 Å². The van der Waals surface area contributed by atoms with Gasteiger partial charge in [-0.1, -0.05) is 0 Å². The normalized spacial score (nSPS) is 19.5. The molecule has 1 atom stereocenters. The molecule has 1 heterocycles. The van der Waals surface area contributed by atoms with Gasteiger partial charge in [0.1, 0.15) is 6.04 Å². The summed E-state index contributed by atoms with van der Waals surface area (Å²) in [6.07, 6.45) is 0.588. The van der Waals surface area contributed by atoms with Gasteiger partial charge in [0, 0.05) is 12.6 Å². The van der Waals surface area contributed by atoms with Crippen molar-refractivity contribution in [2.24, 2.45) is 0 Å². The van der Waals surface area contributed by atoms with E-state index in [2.05, 4.69) is 0 Å². The number of aliphatic carboxylic acids is 1. The first-order valence-electron chi connectivity index (χ1n) is 5.97. The van der Waals surface area contributed by atoms with Crippen molar-refractivity contribution in [2.45, 2.75) is 23.8 Å². The molecule has 1 aliphatic rings. The van der Waals surface area contributed by atoms with Gasteiger partial charge in [-0.2, -0.15) is 4.31 Å². The first-order chi connectivity index (χ1) is 9.75. The maximum atomic E-state index is 12.4. The predicted molar refractivity (Wildman–Crippen MR) is 69.3 cm³/mol. The van der Waals surface area contributed by atoms with E-state index >= 15 is 0 Å². The fraction of sp³-hybridized carbons (Fsp3) is 0.364. The van der Waals surface area contributed by atoms with Crippen LogP contribution in [0.1, 0.15) is 12.8 Å². The summed E-state index contributed by atoms with van der Waals surface area (Å²) in [6.45, 7) is 0.0357. The second kappa shape index (κ2) is 5.30. The first kappa shape index (κ1) is 15.2. The topological polar surface area (TPSA) is 138 Å². The lowest BCUT2D eigenvalue weighted by atomic mass is 10.2. The van der Waals surface area contributed by atoms with E-state index in [-0.39, 0.29) is 13.0 Å². The van der Waals surface area contributed by atoms with Gasteiger partial charge in [0.15, 0.2) is 5.75 Å². The zero-order valence-corrected chi connectivity index (χ0v) is 11.5. The van der Waals surface area contributed by atoms with Gasteiger partial charge in [-0.25, -0.2) is 8.42 Å². The molecule has 0 amide bonds. The molecular formula is C11H12N2O7S. The maximum Gasteiger partial charge on any atom is 0.322 e. The van der Waals surface area contributed by atoms with Gasteiger partial charge in [0.05, 0.1) is 9.82 Å². The van der Waals surface area contributed by atoms with Crippen molar-refractivity contribution in [3.05, 3.63) is 28.3 Å². The van der Waals surface area contributed by atoms with Gasteiger partial charge in [0.2, 0.25) is 10.0 Å². The van der Waals surface area contributed by atoms with Crippen LogP contribution in [0.4, 0.5) is 5.69 Å². The van der Waals surface area contributed by atoms with E-state index in [1.807, 2.05) is 0 Å². The standard InChI is InChI=1S/C11H12N2O7S/c14-10-4-3-7(6-9(10)13(17)18)21(19,20)12-5-1-2-8(12)11(15)16/h3-4,6,8,14H,1-2,5H2,(H,15,16)/t8-/m1/s1. The molecule has 1 aromatic rings. The third-order valence-electron chi connectivity index (χ3n) is 3.24. The maximum absolute atomic E-state index is 12.4. The number of hydrogen-bond acceptors (Lipinski definition) is 6. The van der Waals surface area contributed by atoms with Gasteiger partial charge >= 0.3 is 11.7 Å². The Bertz CT molecular complexity index is 701. The molecule has 9 nitrogen and oxygen atoms in total. The lowest BCUT2D eigenvalue weighted by Gasteiger charge is -2.20. The van der Waals surface area contributed by atoms with Crippen LogP contribution in [0, 0.1) is 10.1 Å². The number of carboxylic acid groups (broad SMARTS) is 1. The SMILES string of the molecule is O=C(O)[C@H]1CCCN1S(=O)(=O)c1ccc(O)c([N+](=O)[O-])c1. The van der Waals surface area contributed by atoms with Crippen LogP contribution in [0.3, 0.4) is 0 Å². The van der Waals surface area contributed by atoms with E-state index < -0.39 is 43.3 Å². The second-order valence-corrected chi connectivity index (χ2v) is 6.41. The molecule has 1 aromatic carbocycles. The summed E-state index contributed by atoms with van der Waals surface area (Å²) in [5.74, 6) is -1.92. The first-order valence-corrected chi connectivity index (χ1v) is 7.41. The van der Waals surface area contributed by atoms with Crippen LogP contribution in [0.15, 0.2) is 23.1 Å². The monoisotopic (exact) mass is 316 g/mol. The summed E-state index contributed by atoms with van der Waals surface area (Å²) in [5.41, 5.74) is -0.748. The van der Waals surface area contributed by atoms with Gasteiger partial charge in [-0.3, -0.25) is 14.9 Å². The van der Waals surface area contributed by atoms with Crippen molar-refractivity contribution < 1.29 is 28.3 Å². The fourth-order valence-corrected chi connectivity index (χ4v) is 3.89. The number of carbonyl (C=O) groups is 1. The van der Waals surface area contributed by atoms with Crippen LogP contribution in [-0.4, -0.2) is 46.4 Å². The van der Waals surface area contributed by atoms with Crippen LogP contribution in [0.25, 0.3) is 0 Å². The molecular weight excluding hydrogens is 304 g/mol. The minimum Gasteiger partial charge on any atom is -0.502 e. The van der Waals surface area contributed by atoms with Crippen molar-refractivity contribution in [1.29, 1.82) is 0 Å². The van der Waals surface area contributed by atoms with Crippen LogP contribution in [-0.2, 0) is 14.8 Å². The summed E-state index contributed by atoms with van der Waals surface area (Å²) in [7, 11) is -4.17. The van der Waals surface area contributed by atoms with E-state index in [9.17, 15) is 28.4 Å². The zero-order chi connectivity index (χ0) is 15.8. The van der Waals surface area contributed by atoms with Crippen LogP contribution in [0.5, 0.6) is 5.75 Å². The Balaban J connectivity index is 2.47. The summed E-state index contributed by atoms with van der Waals surface area (Å²) in [6, 6.07) is 1.45. The van der Waals surface area contributed by atoms with Gasteiger partial charge in [-0.15, -0.1) is 0 Å². The molecule has 1 aliphatic heterocycles. The summed E-state index contributed by atoms with van der Waals surface area (Å²) in [4.78, 5) is 20.5. The Hall–Kier alpha value is -2.20. The molecule has 10 heteroatoms. The highest BCUT2D eigenvalue weighted by atomic mass is 32.2. The van der Waals surface area contributed by atoms with Gasteiger partial charge in [-0.05, 0) is 25.0 Å². The lowest BCUT2D eigenvalue weighted by molar-refractivity contribution is -0.386. The molecule has 21 heavy (non-hydrogen) atoms. The van der Waals surface area contributed by atoms with E-state index in [1.54, 1.807) is 0 Å². The third kappa shape index (κ3) is 2.67. The van der Waals surface area contributed by atoms with Crippen molar-refractivity contribution in [3.63, 3.8) is 0 Å². The molecule has 114 valence electrons. The number of phenols is 1. The second-order valence-electron chi connectivity index (χ2n) is 4.52. The van der Waals surface area contributed by atoms with Crippen LogP contribution in [0.2, 0.25) is 0 Å². The quantitative estimate of drug-likeness (QED) is 0.610. The molecule has 0 aromatic heterocycles. The number of rotatable bonds is 4. The van der Waals surface area contributed by atoms with Gasteiger partial charge < -0.3 is 10.2 Å². The largest absolute Gasteiger partial charge is 0.502 e. The van der Waals surface area contributed by atoms with Crippen molar-refractivity contribution >= 4 is 21.7 Å². The Morgan fingerprint density at radius 2 is 2.10 bits per heavy atom. The minimum absolute atomic E-state index is 0.0357. The average Bonchev–Trinajstić information content (AvgIpc) is 2.88. The van der Waals surface area contributed by atoms with E-state index in [0.717, 1.165) is 22.5 Å². The number of nitro benzene ring substituents is 1. The third-order valence-corrected chi connectivity index (χ3v) is 5.14. The highest BCUT2D eigenvalue weighted by Gasteiger charge is 2.40. The average molecular weight is 316 g/mol. The molecule has 0 bridgehead atoms. The Kier molecular flexibility index (Phi) is 3.83. The number of phenolic OH excluding ortho intramolecular Hbond substituents is 1. The summed E-state index contributed by atoms with van der Waals surface area (Å²) >= 11 is 0. The van der Waals surface area contributed by atoms with Crippen molar-refractivity contribution in [1.82, 2.24) is 4.31 Å². The number of aromatic hydroxyl groups is 1. The van der Waals surface area contributed by atoms with E-state index in [4.69, 9.17) is 5.11 Å². The number of nitrogens with zero attached hydrogens (tertiary/aromatic N) is 2. The Labute approximate surface area is 119 Å². The number of hydrogen-bond donors (Lipinski definition) is 2. The van der Waals surface area contributed by atoms with Crippen molar-refractivity contribution in [2.75, 3.05) is 6.54 Å². The molecule has 0 spiro atoms. The molecule has 2 N–H and O–H groups in total. The number of nitro groups is 1. The van der Waals surface area contributed by atoms with Gasteiger partial charge in [0.25, 0.3) is 0 Å². The van der Waals surface area contributed by atoms with E-state index in [1.165, 1.54) is 0 Å². The molecule has 0 radical (unpaired) electrons. The zero-order valence-electron chi connectivity index (χ0n) is 10.7. The van der Waals surface area contributed by atoms with Crippen molar-refractivity contribution in [3.8, 4) is 5.75 Å². The smallest absolute Gasteiger partial charge is 0.322 e. The molecule has 1 saturated heterocycles. The minimum atomic E-state index is -4.17. The number of benzene rings is 1. The molecule has 0 unspecified atom stereocenters. The molecule has 1 fully saturated rings.